The molecule has 3 rings (SSSR count). The Morgan fingerprint density at radius 3 is 2.56 bits per heavy atom. The highest BCUT2D eigenvalue weighted by molar-refractivity contribution is 5.95. The molecule has 1 unspecified atom stereocenters. The number of aryl methyl sites for hydroxylation is 2. The van der Waals surface area contributed by atoms with E-state index in [1.165, 1.54) is 4.57 Å². The molecule has 1 atom stereocenters. The molecular weight excluding hydrogens is 342 g/mol. The van der Waals surface area contributed by atoms with Crippen molar-refractivity contribution >= 4 is 11.6 Å². The Bertz CT molecular complexity index is 919. The van der Waals surface area contributed by atoms with E-state index in [1.54, 1.807) is 14.2 Å². The molecule has 1 fully saturated rings. The Morgan fingerprint density at radius 2 is 1.89 bits per heavy atom. The van der Waals surface area contributed by atoms with Gasteiger partial charge in [-0.1, -0.05) is 12.1 Å². The van der Waals surface area contributed by atoms with Crippen LogP contribution in [0.25, 0.3) is 0 Å². The molecule has 1 aromatic heterocycles. The summed E-state index contributed by atoms with van der Waals surface area (Å²) < 4.78 is 7.00. The first-order valence-electron chi connectivity index (χ1n) is 9.21. The van der Waals surface area contributed by atoms with Crippen LogP contribution >= 0.6 is 0 Å². The largest absolute Gasteiger partial charge is 0.495 e. The van der Waals surface area contributed by atoms with E-state index in [4.69, 9.17) is 4.74 Å². The molecule has 6 nitrogen and oxygen atoms in total. The average Bonchev–Trinajstić information content (AvgIpc) is 2.66. The fourth-order valence-electron chi connectivity index (χ4n) is 3.75. The van der Waals surface area contributed by atoms with Gasteiger partial charge in [-0.05, 0) is 44.5 Å². The second-order valence-corrected chi connectivity index (χ2v) is 7.17. The number of carbonyl (C=O) groups excluding carboxylic acids is 1. The number of aromatic nitrogens is 1. The maximum absolute atomic E-state index is 13.2. The van der Waals surface area contributed by atoms with E-state index in [-0.39, 0.29) is 23.1 Å². The van der Waals surface area contributed by atoms with Gasteiger partial charge in [0.05, 0.1) is 12.8 Å². The van der Waals surface area contributed by atoms with E-state index >= 15 is 0 Å². The molecule has 1 amide bonds. The van der Waals surface area contributed by atoms with Crippen molar-refractivity contribution in [1.82, 2.24) is 9.47 Å². The first-order chi connectivity index (χ1) is 12.8. The molecular formula is C21H27N3O3. The normalized spacial score (nSPS) is 17.1. The minimum absolute atomic E-state index is 0.0124. The molecule has 0 radical (unpaired) electrons. The van der Waals surface area contributed by atoms with E-state index in [0.717, 1.165) is 22.7 Å². The third-order valence-corrected chi connectivity index (χ3v) is 5.40. The average molecular weight is 369 g/mol. The monoisotopic (exact) mass is 369 g/mol. The highest BCUT2D eigenvalue weighted by Crippen LogP contribution is 2.29. The van der Waals surface area contributed by atoms with Crippen LogP contribution < -0.4 is 15.2 Å². The van der Waals surface area contributed by atoms with Crippen molar-refractivity contribution in [3.63, 3.8) is 0 Å². The van der Waals surface area contributed by atoms with Crippen molar-refractivity contribution in [1.29, 1.82) is 0 Å². The van der Waals surface area contributed by atoms with Crippen LogP contribution in [-0.2, 0) is 7.05 Å². The Balaban J connectivity index is 1.84. The zero-order valence-corrected chi connectivity index (χ0v) is 16.7. The van der Waals surface area contributed by atoms with Gasteiger partial charge in [0.1, 0.15) is 11.3 Å². The fourth-order valence-corrected chi connectivity index (χ4v) is 3.75. The first-order valence-corrected chi connectivity index (χ1v) is 9.21. The molecule has 1 aliphatic heterocycles. The highest BCUT2D eigenvalue weighted by Gasteiger charge is 2.31. The second-order valence-electron chi connectivity index (χ2n) is 7.17. The molecule has 27 heavy (non-hydrogen) atoms. The van der Waals surface area contributed by atoms with Crippen molar-refractivity contribution in [2.75, 3.05) is 31.6 Å². The van der Waals surface area contributed by atoms with Crippen LogP contribution in [0, 0.1) is 13.8 Å². The summed E-state index contributed by atoms with van der Waals surface area (Å²) in [7, 11) is 3.37. The lowest BCUT2D eigenvalue weighted by Crippen LogP contribution is -2.55. The quantitative estimate of drug-likeness (QED) is 0.834. The van der Waals surface area contributed by atoms with Gasteiger partial charge < -0.3 is 19.1 Å². The number of rotatable bonds is 3. The Labute approximate surface area is 160 Å². The molecule has 0 N–H and O–H groups in total. The van der Waals surface area contributed by atoms with E-state index < -0.39 is 0 Å². The number of piperazine rings is 1. The number of nitrogens with zero attached hydrogens (tertiary/aromatic N) is 3. The molecule has 0 bridgehead atoms. The number of hydrogen-bond donors (Lipinski definition) is 0. The van der Waals surface area contributed by atoms with Crippen molar-refractivity contribution in [2.45, 2.75) is 26.8 Å². The van der Waals surface area contributed by atoms with Gasteiger partial charge >= 0.3 is 0 Å². The number of anilines is 1. The summed E-state index contributed by atoms with van der Waals surface area (Å²) in [5.74, 6) is 0.646. The second kappa shape index (κ2) is 7.47. The Morgan fingerprint density at radius 1 is 1.19 bits per heavy atom. The van der Waals surface area contributed by atoms with Crippen LogP contribution in [-0.4, -0.2) is 48.2 Å². The number of amides is 1. The van der Waals surface area contributed by atoms with E-state index in [9.17, 15) is 9.59 Å². The van der Waals surface area contributed by atoms with Crippen LogP contribution in [0.1, 0.15) is 28.5 Å². The number of para-hydroxylation sites is 2. The first kappa shape index (κ1) is 19.0. The van der Waals surface area contributed by atoms with E-state index in [0.29, 0.717) is 19.6 Å². The van der Waals surface area contributed by atoms with Gasteiger partial charge in [-0.2, -0.15) is 0 Å². The molecule has 0 aliphatic carbocycles. The summed E-state index contributed by atoms with van der Waals surface area (Å²) >= 11 is 0. The third-order valence-electron chi connectivity index (χ3n) is 5.40. The molecule has 0 saturated carbocycles. The topological polar surface area (TPSA) is 54.8 Å². The predicted molar refractivity (Wildman–Crippen MR) is 107 cm³/mol. The fraction of sp³-hybridized carbons (Fsp3) is 0.429. The lowest BCUT2D eigenvalue weighted by molar-refractivity contribution is 0.0670. The van der Waals surface area contributed by atoms with Gasteiger partial charge in [-0.3, -0.25) is 9.59 Å². The number of carbonyl (C=O) groups is 1. The number of pyridine rings is 1. The maximum Gasteiger partial charge on any atom is 0.263 e. The molecule has 144 valence electrons. The van der Waals surface area contributed by atoms with Gasteiger partial charge in [-0.25, -0.2) is 0 Å². The zero-order chi connectivity index (χ0) is 19.7. The van der Waals surface area contributed by atoms with Gasteiger partial charge in [-0.15, -0.1) is 0 Å². The summed E-state index contributed by atoms with van der Waals surface area (Å²) in [6.45, 7) is 7.68. The van der Waals surface area contributed by atoms with Gasteiger partial charge in [0.2, 0.25) is 0 Å². The van der Waals surface area contributed by atoms with Crippen LogP contribution in [0.2, 0.25) is 0 Å². The minimum atomic E-state index is -0.225. The van der Waals surface area contributed by atoms with Crippen molar-refractivity contribution < 1.29 is 9.53 Å². The van der Waals surface area contributed by atoms with Crippen LogP contribution in [0.15, 0.2) is 35.1 Å². The van der Waals surface area contributed by atoms with Crippen molar-refractivity contribution in [3.8, 4) is 5.75 Å². The van der Waals surface area contributed by atoms with Gasteiger partial charge in [0, 0.05) is 38.4 Å². The summed E-state index contributed by atoms with van der Waals surface area (Å²) in [5, 5.41) is 0. The van der Waals surface area contributed by atoms with Gasteiger partial charge in [0.25, 0.3) is 11.5 Å². The summed E-state index contributed by atoms with van der Waals surface area (Å²) in [5.41, 5.74) is 2.67. The molecule has 1 aliphatic rings. The summed E-state index contributed by atoms with van der Waals surface area (Å²) in [6, 6.07) is 9.78. The summed E-state index contributed by atoms with van der Waals surface area (Å²) in [4.78, 5) is 29.9. The molecule has 1 saturated heterocycles. The lowest BCUT2D eigenvalue weighted by atomic mass is 10.1. The summed E-state index contributed by atoms with van der Waals surface area (Å²) in [6.07, 6.45) is 0. The molecule has 1 aromatic carbocycles. The third kappa shape index (κ3) is 3.44. The van der Waals surface area contributed by atoms with Crippen molar-refractivity contribution in [2.24, 2.45) is 7.05 Å². The molecule has 2 heterocycles. The lowest BCUT2D eigenvalue weighted by Gasteiger charge is -2.41. The Hall–Kier alpha value is -2.76. The Kier molecular flexibility index (Phi) is 5.26. The highest BCUT2D eigenvalue weighted by atomic mass is 16.5. The minimum Gasteiger partial charge on any atom is -0.495 e. The number of methoxy groups -OCH3 is 1. The number of benzene rings is 1. The number of ether oxygens (including phenoxy) is 1. The standard InChI is InChI=1S/C21H27N3O3/c1-14-12-15(2)22(4)20(25)19(14)21(26)24-11-10-23(13-16(24)3)17-8-6-7-9-18(17)27-5/h6-9,12,16H,10-11,13H2,1-5H3. The number of hydrogen-bond acceptors (Lipinski definition) is 4. The van der Waals surface area contributed by atoms with Crippen LogP contribution in [0.5, 0.6) is 5.75 Å². The van der Waals surface area contributed by atoms with E-state index in [2.05, 4.69) is 4.90 Å². The smallest absolute Gasteiger partial charge is 0.263 e. The maximum atomic E-state index is 13.2. The molecule has 2 aromatic rings. The van der Waals surface area contributed by atoms with E-state index in [1.807, 2.05) is 56.0 Å². The van der Waals surface area contributed by atoms with Crippen LogP contribution in [0.4, 0.5) is 5.69 Å². The van der Waals surface area contributed by atoms with Crippen LogP contribution in [0.3, 0.4) is 0 Å². The predicted octanol–water partition coefficient (Wildman–Crippen LogP) is 2.36. The van der Waals surface area contributed by atoms with Gasteiger partial charge in [0.15, 0.2) is 0 Å². The molecule has 6 heteroatoms. The zero-order valence-electron chi connectivity index (χ0n) is 16.7. The van der Waals surface area contributed by atoms with Crippen molar-refractivity contribution in [3.05, 3.63) is 57.5 Å². The molecule has 0 spiro atoms. The SMILES string of the molecule is COc1ccccc1N1CCN(C(=O)c2c(C)cc(C)n(C)c2=O)C(C)C1.